The minimum Gasteiger partial charge on any atom is -0.493 e. The van der Waals surface area contributed by atoms with Crippen LogP contribution < -0.4 is 10.4 Å². The summed E-state index contributed by atoms with van der Waals surface area (Å²) in [6.45, 7) is 0.519. The molecule has 1 atom stereocenters. The number of nitrogens with zero attached hydrogens (tertiary/aromatic N) is 7. The van der Waals surface area contributed by atoms with Crippen molar-refractivity contribution >= 4 is 22.2 Å². The van der Waals surface area contributed by atoms with Crippen molar-refractivity contribution < 1.29 is 4.74 Å². The molecule has 0 unspecified atom stereocenters. The molecule has 9 heteroatoms. The van der Waals surface area contributed by atoms with Crippen LogP contribution in [0, 0.1) is 11.3 Å². The van der Waals surface area contributed by atoms with E-state index in [0.717, 1.165) is 22.3 Å². The van der Waals surface area contributed by atoms with Crippen molar-refractivity contribution in [3.05, 3.63) is 76.6 Å². The fourth-order valence-electron chi connectivity index (χ4n) is 4.35. The lowest BCUT2D eigenvalue weighted by Gasteiger charge is -2.26. The van der Waals surface area contributed by atoms with E-state index in [2.05, 4.69) is 16.0 Å². The van der Waals surface area contributed by atoms with E-state index in [1.165, 1.54) is 0 Å². The molecule has 6 rings (SSSR count). The van der Waals surface area contributed by atoms with Gasteiger partial charge in [-0.05, 0) is 24.3 Å². The van der Waals surface area contributed by atoms with Crippen LogP contribution in [0.4, 0.5) is 0 Å². The van der Waals surface area contributed by atoms with E-state index in [9.17, 15) is 10.1 Å². The molecule has 1 aliphatic heterocycles. The third kappa shape index (κ3) is 2.56. The fourth-order valence-corrected chi connectivity index (χ4v) is 4.35. The average molecular weight is 423 g/mol. The van der Waals surface area contributed by atoms with Crippen molar-refractivity contribution in [2.75, 3.05) is 6.61 Å². The van der Waals surface area contributed by atoms with Gasteiger partial charge in [-0.25, -0.2) is 14.8 Å². The Morgan fingerprint density at radius 3 is 2.91 bits per heavy atom. The van der Waals surface area contributed by atoms with Gasteiger partial charge in [-0.2, -0.15) is 10.2 Å². The minimum atomic E-state index is -0.191. The molecule has 2 aromatic carbocycles. The highest BCUT2D eigenvalue weighted by Crippen LogP contribution is 2.35. The van der Waals surface area contributed by atoms with Crippen molar-refractivity contribution in [1.82, 2.24) is 28.7 Å². The third-order valence-corrected chi connectivity index (χ3v) is 5.95. The Bertz CT molecular complexity index is 1620. The van der Waals surface area contributed by atoms with Crippen LogP contribution in [0.1, 0.15) is 23.6 Å². The zero-order valence-electron chi connectivity index (χ0n) is 17.1. The molecular weight excluding hydrogens is 406 g/mol. The Morgan fingerprint density at radius 2 is 2.03 bits per heavy atom. The van der Waals surface area contributed by atoms with Crippen LogP contribution in [-0.2, 0) is 7.05 Å². The highest BCUT2D eigenvalue weighted by Gasteiger charge is 2.28. The Morgan fingerprint density at radius 1 is 1.16 bits per heavy atom. The summed E-state index contributed by atoms with van der Waals surface area (Å²) in [7, 11) is 1.72. The lowest BCUT2D eigenvalue weighted by Crippen LogP contribution is -2.30. The molecule has 3 aromatic heterocycles. The Balaban J connectivity index is 1.59. The monoisotopic (exact) mass is 423 g/mol. The Labute approximate surface area is 181 Å². The van der Waals surface area contributed by atoms with E-state index >= 15 is 0 Å². The second kappa shape index (κ2) is 6.78. The van der Waals surface area contributed by atoms with Gasteiger partial charge < -0.3 is 4.74 Å². The number of rotatable bonds is 2. The van der Waals surface area contributed by atoms with Gasteiger partial charge in [-0.1, -0.05) is 18.2 Å². The Kier molecular flexibility index (Phi) is 3.89. The largest absolute Gasteiger partial charge is 0.493 e. The molecule has 32 heavy (non-hydrogen) atoms. The second-order valence-electron chi connectivity index (χ2n) is 7.71. The van der Waals surface area contributed by atoms with Crippen LogP contribution in [0.2, 0.25) is 0 Å². The summed E-state index contributed by atoms with van der Waals surface area (Å²) in [5, 5.41) is 9.27. The van der Waals surface area contributed by atoms with Gasteiger partial charge in [0.15, 0.2) is 5.65 Å². The predicted octanol–water partition coefficient (Wildman–Crippen LogP) is 2.71. The first-order chi connectivity index (χ1) is 15.7. The van der Waals surface area contributed by atoms with Crippen LogP contribution in [0.15, 0.2) is 59.8 Å². The number of aromatic nitrogens is 6. The van der Waals surface area contributed by atoms with Crippen LogP contribution >= 0.6 is 0 Å². The maximum Gasteiger partial charge on any atom is 0.330 e. The highest BCUT2D eigenvalue weighted by atomic mass is 16.5. The fraction of sp³-hybridized carbons (Fsp3) is 0.174. The van der Waals surface area contributed by atoms with E-state index in [-0.39, 0.29) is 11.7 Å². The summed E-state index contributed by atoms with van der Waals surface area (Å²) in [5.74, 6) is 1.17. The van der Waals surface area contributed by atoms with Gasteiger partial charge in [-0.15, -0.1) is 0 Å². The predicted molar refractivity (Wildman–Crippen MR) is 117 cm³/mol. The van der Waals surface area contributed by atoms with Gasteiger partial charge in [0.25, 0.3) is 0 Å². The molecule has 0 aliphatic carbocycles. The summed E-state index contributed by atoms with van der Waals surface area (Å²) in [6, 6.07) is 15.0. The number of imidazole rings is 2. The number of para-hydroxylation sites is 1. The van der Waals surface area contributed by atoms with Crippen molar-refractivity contribution in [1.29, 1.82) is 5.26 Å². The quantitative estimate of drug-likeness (QED) is 0.432. The van der Waals surface area contributed by atoms with Crippen molar-refractivity contribution in [3.63, 3.8) is 0 Å². The summed E-state index contributed by atoms with van der Waals surface area (Å²) in [6.07, 6.45) is 3.94. The van der Waals surface area contributed by atoms with Crippen LogP contribution in [0.25, 0.3) is 28.1 Å². The molecule has 156 valence electrons. The molecular formula is C23H17N7O2. The second-order valence-corrected chi connectivity index (χ2v) is 7.71. The number of fused-ring (bicyclic) bond motifs is 3. The number of hydrogen-bond acceptors (Lipinski definition) is 6. The van der Waals surface area contributed by atoms with E-state index < -0.39 is 0 Å². The smallest absolute Gasteiger partial charge is 0.330 e. The number of aryl methyl sites for hydroxylation is 1. The van der Waals surface area contributed by atoms with Gasteiger partial charge in [0.05, 0.1) is 41.5 Å². The first-order valence-electron chi connectivity index (χ1n) is 10.2. The van der Waals surface area contributed by atoms with Gasteiger partial charge in [0.2, 0.25) is 5.95 Å². The van der Waals surface area contributed by atoms with Crippen LogP contribution in [0.3, 0.4) is 0 Å². The molecule has 0 radical (unpaired) electrons. The SMILES string of the molecule is Cn1c(=O)n([C@@H]2CCOc3ccccc32)c2nc(-n3cnc4ccc(C#N)cc43)ncc21. The van der Waals surface area contributed by atoms with Gasteiger partial charge in [0.1, 0.15) is 17.6 Å². The lowest BCUT2D eigenvalue weighted by atomic mass is 10.0. The van der Waals surface area contributed by atoms with Gasteiger partial charge >= 0.3 is 5.69 Å². The third-order valence-electron chi connectivity index (χ3n) is 5.95. The summed E-state index contributed by atoms with van der Waals surface area (Å²) < 4.78 is 10.8. The summed E-state index contributed by atoms with van der Waals surface area (Å²) >= 11 is 0. The topological polar surface area (TPSA) is 104 Å². The summed E-state index contributed by atoms with van der Waals surface area (Å²) in [4.78, 5) is 26.9. The normalized spacial score (nSPS) is 15.4. The molecule has 4 heterocycles. The standard InChI is InChI=1S/C23H17N7O2/c1-28-19-12-25-22(29-13-26-16-7-6-14(11-24)10-18(16)29)27-21(19)30(23(28)31)17-8-9-32-20-5-3-2-4-15(17)20/h2-7,10,12-13,17H,8-9H2,1H3/t17-/m1/s1. The van der Waals surface area contributed by atoms with E-state index in [0.29, 0.717) is 35.7 Å². The van der Waals surface area contributed by atoms with E-state index in [4.69, 9.17) is 9.72 Å². The van der Waals surface area contributed by atoms with Gasteiger partial charge in [0, 0.05) is 19.0 Å². The molecule has 0 bridgehead atoms. The maximum absolute atomic E-state index is 13.3. The number of hydrogen-bond donors (Lipinski definition) is 0. The molecule has 0 spiro atoms. The number of benzene rings is 2. The molecule has 9 nitrogen and oxygen atoms in total. The van der Waals surface area contributed by atoms with Crippen LogP contribution in [-0.4, -0.2) is 35.3 Å². The van der Waals surface area contributed by atoms with Crippen molar-refractivity contribution in [3.8, 4) is 17.8 Å². The molecule has 5 aromatic rings. The highest BCUT2D eigenvalue weighted by molar-refractivity contribution is 5.79. The lowest BCUT2D eigenvalue weighted by molar-refractivity contribution is 0.256. The minimum absolute atomic E-state index is 0.157. The molecule has 1 aliphatic rings. The average Bonchev–Trinajstić information content (AvgIpc) is 3.36. The molecule has 0 amide bonds. The van der Waals surface area contributed by atoms with Crippen molar-refractivity contribution in [2.45, 2.75) is 12.5 Å². The summed E-state index contributed by atoms with van der Waals surface area (Å²) in [5.41, 5.74) is 3.97. The van der Waals surface area contributed by atoms with E-state index in [1.54, 1.807) is 51.5 Å². The van der Waals surface area contributed by atoms with Crippen molar-refractivity contribution in [2.24, 2.45) is 7.05 Å². The molecule has 0 saturated heterocycles. The zero-order chi connectivity index (χ0) is 21.8. The maximum atomic E-state index is 13.3. The number of nitriles is 1. The molecule has 0 N–H and O–H groups in total. The van der Waals surface area contributed by atoms with Gasteiger partial charge in [-0.3, -0.25) is 13.7 Å². The molecule has 0 fully saturated rings. The molecule has 0 saturated carbocycles. The number of ether oxygens (including phenoxy) is 1. The Hall–Kier alpha value is -4.45. The zero-order valence-corrected chi connectivity index (χ0v) is 17.1. The van der Waals surface area contributed by atoms with Crippen LogP contribution in [0.5, 0.6) is 5.75 Å². The first kappa shape index (κ1) is 18.3. The first-order valence-corrected chi connectivity index (χ1v) is 10.2. The van der Waals surface area contributed by atoms with E-state index in [1.807, 2.05) is 24.3 Å².